The van der Waals surface area contributed by atoms with Crippen molar-refractivity contribution in [2.45, 2.75) is 6.92 Å². The van der Waals surface area contributed by atoms with Crippen LogP contribution in [0.15, 0.2) is 18.2 Å². The summed E-state index contributed by atoms with van der Waals surface area (Å²) in [6.07, 6.45) is 0. The number of ether oxygens (including phenoxy) is 1. The summed E-state index contributed by atoms with van der Waals surface area (Å²) in [7, 11) is 1.65. The van der Waals surface area contributed by atoms with Crippen LogP contribution >= 0.6 is 23.8 Å². The van der Waals surface area contributed by atoms with Gasteiger partial charge in [-0.25, -0.2) is 0 Å². The van der Waals surface area contributed by atoms with E-state index in [4.69, 9.17) is 28.6 Å². The smallest absolute Gasteiger partial charge is 0.170 e. The number of halogens is 1. The standard InChI is InChI=1S/C11H15ClN2OS/c1-8-9(12)4-3-5-10(8)14-11(16)13-6-7-15-2/h3-5H,6-7H2,1-2H3,(H2,13,14,16). The van der Waals surface area contributed by atoms with Crippen LogP contribution in [-0.4, -0.2) is 25.4 Å². The summed E-state index contributed by atoms with van der Waals surface area (Å²) < 4.78 is 4.91. The monoisotopic (exact) mass is 258 g/mol. The minimum absolute atomic E-state index is 0.572. The van der Waals surface area contributed by atoms with Gasteiger partial charge in [0.2, 0.25) is 0 Å². The van der Waals surface area contributed by atoms with Crippen molar-refractivity contribution in [3.63, 3.8) is 0 Å². The largest absolute Gasteiger partial charge is 0.383 e. The van der Waals surface area contributed by atoms with Gasteiger partial charge in [-0.1, -0.05) is 17.7 Å². The molecule has 0 fully saturated rings. The van der Waals surface area contributed by atoms with E-state index in [1.807, 2.05) is 25.1 Å². The lowest BCUT2D eigenvalue weighted by Crippen LogP contribution is -2.31. The van der Waals surface area contributed by atoms with Gasteiger partial charge in [-0.05, 0) is 36.8 Å². The van der Waals surface area contributed by atoms with Crippen molar-refractivity contribution in [1.82, 2.24) is 5.32 Å². The number of anilines is 1. The van der Waals surface area contributed by atoms with E-state index >= 15 is 0 Å². The van der Waals surface area contributed by atoms with E-state index in [9.17, 15) is 0 Å². The predicted octanol–water partition coefficient (Wildman–Crippen LogP) is 2.58. The topological polar surface area (TPSA) is 33.3 Å². The Kier molecular flexibility index (Phi) is 5.52. The van der Waals surface area contributed by atoms with Crippen molar-refractivity contribution in [1.29, 1.82) is 0 Å². The molecular formula is C11H15ClN2OS. The highest BCUT2D eigenvalue weighted by Crippen LogP contribution is 2.22. The zero-order chi connectivity index (χ0) is 12.0. The fraction of sp³-hybridized carbons (Fsp3) is 0.364. The molecule has 3 nitrogen and oxygen atoms in total. The molecular weight excluding hydrogens is 244 g/mol. The molecule has 0 bridgehead atoms. The molecule has 1 aromatic rings. The van der Waals surface area contributed by atoms with Crippen molar-refractivity contribution < 1.29 is 4.74 Å². The summed E-state index contributed by atoms with van der Waals surface area (Å²) in [5.41, 5.74) is 1.91. The number of nitrogens with one attached hydrogen (secondary N) is 2. The van der Waals surface area contributed by atoms with Crippen molar-refractivity contribution in [2.24, 2.45) is 0 Å². The third kappa shape index (κ3) is 3.96. The molecule has 0 aromatic heterocycles. The van der Waals surface area contributed by atoms with Gasteiger partial charge in [0.25, 0.3) is 0 Å². The molecule has 0 saturated carbocycles. The van der Waals surface area contributed by atoms with E-state index < -0.39 is 0 Å². The van der Waals surface area contributed by atoms with Crippen LogP contribution in [0.1, 0.15) is 5.56 Å². The fourth-order valence-electron chi connectivity index (χ4n) is 1.18. The van der Waals surface area contributed by atoms with Crippen LogP contribution in [0.25, 0.3) is 0 Å². The van der Waals surface area contributed by atoms with Crippen LogP contribution in [0.2, 0.25) is 5.02 Å². The fourth-order valence-corrected chi connectivity index (χ4v) is 1.56. The molecule has 0 saturated heterocycles. The maximum absolute atomic E-state index is 6.00. The Labute approximate surface area is 106 Å². The highest BCUT2D eigenvalue weighted by atomic mass is 35.5. The summed E-state index contributed by atoms with van der Waals surface area (Å²) >= 11 is 11.1. The average molecular weight is 259 g/mol. The summed E-state index contributed by atoms with van der Waals surface area (Å²) in [6.45, 7) is 3.25. The Balaban J connectivity index is 2.53. The molecule has 0 heterocycles. The maximum Gasteiger partial charge on any atom is 0.170 e. The quantitative estimate of drug-likeness (QED) is 0.643. The summed E-state index contributed by atoms with van der Waals surface area (Å²) in [5.74, 6) is 0. The molecule has 1 aromatic carbocycles. The molecule has 0 radical (unpaired) electrons. The van der Waals surface area contributed by atoms with Crippen LogP contribution in [0.3, 0.4) is 0 Å². The SMILES string of the molecule is COCCNC(=S)Nc1cccc(Cl)c1C. The first-order valence-electron chi connectivity index (χ1n) is 4.94. The Hall–Kier alpha value is -0.840. The lowest BCUT2D eigenvalue weighted by molar-refractivity contribution is 0.204. The molecule has 0 atom stereocenters. The minimum atomic E-state index is 0.572. The molecule has 5 heteroatoms. The van der Waals surface area contributed by atoms with E-state index in [-0.39, 0.29) is 0 Å². The lowest BCUT2D eigenvalue weighted by Gasteiger charge is -2.12. The maximum atomic E-state index is 6.00. The normalized spacial score (nSPS) is 9.94. The van der Waals surface area contributed by atoms with Gasteiger partial charge in [0, 0.05) is 24.4 Å². The molecule has 0 unspecified atom stereocenters. The van der Waals surface area contributed by atoms with Gasteiger partial charge in [0.15, 0.2) is 5.11 Å². The number of hydrogen-bond acceptors (Lipinski definition) is 2. The number of benzene rings is 1. The molecule has 88 valence electrons. The van der Waals surface area contributed by atoms with E-state index in [2.05, 4.69) is 10.6 Å². The van der Waals surface area contributed by atoms with Crippen molar-refractivity contribution in [3.8, 4) is 0 Å². The second-order valence-electron chi connectivity index (χ2n) is 3.29. The van der Waals surface area contributed by atoms with E-state index in [1.54, 1.807) is 7.11 Å². The van der Waals surface area contributed by atoms with Crippen LogP contribution in [0.5, 0.6) is 0 Å². The zero-order valence-corrected chi connectivity index (χ0v) is 10.9. The molecule has 0 aliphatic heterocycles. The highest BCUT2D eigenvalue weighted by molar-refractivity contribution is 7.80. The molecule has 0 aliphatic rings. The highest BCUT2D eigenvalue weighted by Gasteiger charge is 2.03. The Morgan fingerprint density at radius 3 is 2.94 bits per heavy atom. The van der Waals surface area contributed by atoms with Crippen molar-refractivity contribution in [3.05, 3.63) is 28.8 Å². The van der Waals surface area contributed by atoms with Crippen LogP contribution < -0.4 is 10.6 Å². The second kappa shape index (κ2) is 6.68. The number of thiocarbonyl (C=S) groups is 1. The first-order valence-corrected chi connectivity index (χ1v) is 5.72. The molecule has 0 spiro atoms. The Morgan fingerprint density at radius 2 is 2.25 bits per heavy atom. The molecule has 0 amide bonds. The second-order valence-corrected chi connectivity index (χ2v) is 4.10. The van der Waals surface area contributed by atoms with Crippen molar-refractivity contribution >= 4 is 34.6 Å². The predicted molar refractivity (Wildman–Crippen MR) is 72.3 cm³/mol. The minimum Gasteiger partial charge on any atom is -0.383 e. The van der Waals surface area contributed by atoms with E-state index in [0.717, 1.165) is 16.3 Å². The number of hydrogen-bond donors (Lipinski definition) is 2. The molecule has 0 aliphatic carbocycles. The molecule has 1 rings (SSSR count). The first-order chi connectivity index (χ1) is 7.65. The van der Waals surface area contributed by atoms with Gasteiger partial charge in [-0.3, -0.25) is 0 Å². The van der Waals surface area contributed by atoms with Gasteiger partial charge in [0.1, 0.15) is 0 Å². The summed E-state index contributed by atoms with van der Waals surface area (Å²) in [6, 6.07) is 5.67. The Bertz CT molecular complexity index is 371. The number of methoxy groups -OCH3 is 1. The zero-order valence-electron chi connectivity index (χ0n) is 9.34. The van der Waals surface area contributed by atoms with Crippen LogP contribution in [-0.2, 0) is 4.74 Å². The summed E-state index contributed by atoms with van der Waals surface area (Å²) in [5, 5.41) is 7.42. The molecule has 2 N–H and O–H groups in total. The van der Waals surface area contributed by atoms with E-state index in [0.29, 0.717) is 18.3 Å². The van der Waals surface area contributed by atoms with Gasteiger partial charge < -0.3 is 15.4 Å². The van der Waals surface area contributed by atoms with Gasteiger partial charge >= 0.3 is 0 Å². The third-order valence-corrected chi connectivity index (χ3v) is 2.76. The van der Waals surface area contributed by atoms with Crippen LogP contribution in [0, 0.1) is 6.92 Å². The first kappa shape index (κ1) is 13.2. The van der Waals surface area contributed by atoms with E-state index in [1.165, 1.54) is 0 Å². The van der Waals surface area contributed by atoms with Crippen molar-refractivity contribution in [2.75, 3.05) is 25.6 Å². The average Bonchev–Trinajstić information content (AvgIpc) is 2.25. The number of rotatable bonds is 4. The lowest BCUT2D eigenvalue weighted by atomic mass is 10.2. The summed E-state index contributed by atoms with van der Waals surface area (Å²) in [4.78, 5) is 0. The Morgan fingerprint density at radius 1 is 1.50 bits per heavy atom. The molecule has 16 heavy (non-hydrogen) atoms. The van der Waals surface area contributed by atoms with Gasteiger partial charge in [-0.2, -0.15) is 0 Å². The van der Waals surface area contributed by atoms with Gasteiger partial charge in [0.05, 0.1) is 6.61 Å². The van der Waals surface area contributed by atoms with Gasteiger partial charge in [-0.15, -0.1) is 0 Å². The van der Waals surface area contributed by atoms with Crippen LogP contribution in [0.4, 0.5) is 5.69 Å². The third-order valence-electron chi connectivity index (χ3n) is 2.11.